The minimum atomic E-state index is 0.187. The molecule has 114 valence electrons. The van der Waals surface area contributed by atoms with E-state index in [0.29, 0.717) is 5.92 Å². The predicted molar refractivity (Wildman–Crippen MR) is 95.7 cm³/mol. The van der Waals surface area contributed by atoms with Gasteiger partial charge in [-0.3, -0.25) is 4.98 Å². The molecule has 2 aromatic rings. The van der Waals surface area contributed by atoms with Gasteiger partial charge < -0.3 is 0 Å². The van der Waals surface area contributed by atoms with Crippen LogP contribution in [-0.4, -0.2) is 4.98 Å². The Morgan fingerprint density at radius 3 is 2.29 bits per heavy atom. The maximum atomic E-state index is 4.99. The van der Waals surface area contributed by atoms with E-state index in [9.17, 15) is 0 Å². The Balaban J connectivity index is 2.61. The minimum Gasteiger partial charge on any atom is -0.252 e. The van der Waals surface area contributed by atoms with Gasteiger partial charge in [-0.25, -0.2) is 0 Å². The first kappa shape index (κ1) is 16.5. The first-order chi connectivity index (χ1) is 9.66. The van der Waals surface area contributed by atoms with Crippen LogP contribution in [0.3, 0.4) is 0 Å². The van der Waals surface area contributed by atoms with Gasteiger partial charge in [-0.1, -0.05) is 70.0 Å². The summed E-state index contributed by atoms with van der Waals surface area (Å²) in [6.07, 6.45) is 1.15. The molecule has 0 aliphatic carbocycles. The molecule has 1 nitrogen and oxygen atoms in total. The first-order valence-corrected chi connectivity index (χ1v) is 8.51. The molecule has 21 heavy (non-hydrogen) atoms. The van der Waals surface area contributed by atoms with E-state index in [-0.39, 0.29) is 10.8 Å². The highest BCUT2D eigenvalue weighted by atomic mass is 79.9. The summed E-state index contributed by atoms with van der Waals surface area (Å²) in [5.41, 5.74) is 2.69. The van der Waals surface area contributed by atoms with Crippen LogP contribution in [0.4, 0.5) is 0 Å². The van der Waals surface area contributed by atoms with Gasteiger partial charge >= 0.3 is 0 Å². The van der Waals surface area contributed by atoms with E-state index < -0.39 is 0 Å². The summed E-state index contributed by atoms with van der Waals surface area (Å²) in [7, 11) is 0. The molecule has 1 atom stereocenters. The quantitative estimate of drug-likeness (QED) is 0.612. The molecule has 0 amide bonds. The van der Waals surface area contributed by atoms with Gasteiger partial charge in [0.2, 0.25) is 0 Å². The third-order valence-corrected chi connectivity index (χ3v) is 5.25. The summed E-state index contributed by atoms with van der Waals surface area (Å²) in [5, 5.41) is 1.18. The van der Waals surface area contributed by atoms with E-state index in [1.54, 1.807) is 0 Å². The van der Waals surface area contributed by atoms with Crippen molar-refractivity contribution in [1.82, 2.24) is 4.98 Å². The summed E-state index contributed by atoms with van der Waals surface area (Å²) >= 11 is 3.61. The number of pyridine rings is 1. The van der Waals surface area contributed by atoms with Crippen molar-refractivity contribution < 1.29 is 0 Å². The second-order valence-corrected chi connectivity index (χ2v) is 8.54. The lowest BCUT2D eigenvalue weighted by Crippen LogP contribution is -2.32. The van der Waals surface area contributed by atoms with Crippen LogP contribution >= 0.6 is 15.9 Å². The maximum absolute atomic E-state index is 4.99. The van der Waals surface area contributed by atoms with E-state index in [2.05, 4.69) is 87.8 Å². The number of nitrogens with zero attached hydrogens (tertiary/aromatic N) is 1. The highest BCUT2D eigenvalue weighted by Gasteiger charge is 2.38. The van der Waals surface area contributed by atoms with Gasteiger partial charge in [0.15, 0.2) is 0 Å². The van der Waals surface area contributed by atoms with Crippen molar-refractivity contribution in [3.63, 3.8) is 0 Å². The topological polar surface area (TPSA) is 12.9 Å². The van der Waals surface area contributed by atoms with Crippen LogP contribution in [0.2, 0.25) is 0 Å². The van der Waals surface area contributed by atoms with Crippen LogP contribution in [0.5, 0.6) is 0 Å². The fraction of sp³-hybridized carbons (Fsp3) is 0.526. The van der Waals surface area contributed by atoms with E-state index in [0.717, 1.165) is 16.4 Å². The zero-order valence-electron chi connectivity index (χ0n) is 14.0. The number of benzene rings is 1. The molecule has 0 saturated heterocycles. The molecule has 0 bridgehead atoms. The third-order valence-electron chi connectivity index (χ3n) is 4.55. The molecule has 0 fully saturated rings. The molecule has 0 radical (unpaired) electrons. The molecule has 0 spiro atoms. The molecule has 1 heterocycles. The SMILES string of the molecule is CCC(C)(C)C(c1ccc2c(Br)cccc2n1)C(C)(C)C. The van der Waals surface area contributed by atoms with Crippen LogP contribution in [0.15, 0.2) is 34.8 Å². The highest BCUT2D eigenvalue weighted by Crippen LogP contribution is 2.48. The Hall–Kier alpha value is -0.890. The van der Waals surface area contributed by atoms with Gasteiger partial charge in [0.1, 0.15) is 0 Å². The lowest BCUT2D eigenvalue weighted by molar-refractivity contribution is 0.149. The lowest BCUT2D eigenvalue weighted by Gasteiger charge is -2.42. The number of hydrogen-bond donors (Lipinski definition) is 0. The monoisotopic (exact) mass is 347 g/mol. The number of hydrogen-bond acceptors (Lipinski definition) is 1. The molecule has 1 unspecified atom stereocenters. The Morgan fingerprint density at radius 2 is 1.71 bits per heavy atom. The minimum absolute atomic E-state index is 0.187. The zero-order valence-corrected chi connectivity index (χ0v) is 15.6. The van der Waals surface area contributed by atoms with Crippen LogP contribution in [0, 0.1) is 10.8 Å². The van der Waals surface area contributed by atoms with Crippen LogP contribution in [0.1, 0.15) is 59.6 Å². The Morgan fingerprint density at radius 1 is 1.05 bits per heavy atom. The first-order valence-electron chi connectivity index (χ1n) is 7.72. The largest absolute Gasteiger partial charge is 0.252 e. The molecule has 2 heteroatoms. The van der Waals surface area contributed by atoms with E-state index in [1.165, 1.54) is 11.1 Å². The fourth-order valence-electron chi connectivity index (χ4n) is 3.51. The maximum Gasteiger partial charge on any atom is 0.0716 e. The summed E-state index contributed by atoms with van der Waals surface area (Å²) in [4.78, 5) is 4.99. The summed E-state index contributed by atoms with van der Waals surface area (Å²) < 4.78 is 1.11. The highest BCUT2D eigenvalue weighted by molar-refractivity contribution is 9.10. The van der Waals surface area contributed by atoms with Crippen molar-refractivity contribution in [2.75, 3.05) is 0 Å². The molecular formula is C19H26BrN. The Bertz CT molecular complexity index is 638. The van der Waals surface area contributed by atoms with Gasteiger partial charge in [0.25, 0.3) is 0 Å². The van der Waals surface area contributed by atoms with Gasteiger partial charge in [-0.15, -0.1) is 0 Å². The lowest BCUT2D eigenvalue weighted by atomic mass is 9.63. The van der Waals surface area contributed by atoms with E-state index >= 15 is 0 Å². The fourth-order valence-corrected chi connectivity index (χ4v) is 4.00. The van der Waals surface area contributed by atoms with Gasteiger partial charge in [0.05, 0.1) is 5.52 Å². The molecule has 0 aliphatic rings. The van der Waals surface area contributed by atoms with Crippen molar-refractivity contribution >= 4 is 26.8 Å². The zero-order chi connectivity index (χ0) is 15.8. The smallest absolute Gasteiger partial charge is 0.0716 e. The average Bonchev–Trinajstić information content (AvgIpc) is 2.37. The van der Waals surface area contributed by atoms with Crippen molar-refractivity contribution in [3.05, 3.63) is 40.5 Å². The Kier molecular flexibility index (Phi) is 4.49. The van der Waals surface area contributed by atoms with Crippen molar-refractivity contribution in [1.29, 1.82) is 0 Å². The second-order valence-electron chi connectivity index (χ2n) is 7.68. The van der Waals surface area contributed by atoms with Crippen molar-refractivity contribution in [2.45, 2.75) is 53.9 Å². The Labute approximate surface area is 137 Å². The van der Waals surface area contributed by atoms with Crippen LogP contribution < -0.4 is 0 Å². The summed E-state index contributed by atoms with van der Waals surface area (Å²) in [6.45, 7) is 14.0. The van der Waals surface area contributed by atoms with Gasteiger partial charge in [0, 0.05) is 21.5 Å². The molecule has 1 aromatic heterocycles. The van der Waals surface area contributed by atoms with Crippen LogP contribution in [0.25, 0.3) is 10.9 Å². The molecular weight excluding hydrogens is 322 g/mol. The second kappa shape index (κ2) is 5.72. The standard InChI is InChI=1S/C19H26BrN/c1-7-19(5,6)17(18(2,3)4)16-12-11-13-14(20)9-8-10-15(13)21-16/h8-12,17H,7H2,1-6H3. The summed E-state index contributed by atoms with van der Waals surface area (Å²) in [5.74, 6) is 0.429. The normalized spacial score (nSPS) is 14.4. The predicted octanol–water partition coefficient (Wildman–Crippen LogP) is 6.56. The molecule has 2 rings (SSSR count). The molecule has 0 aliphatic heterocycles. The number of aromatic nitrogens is 1. The number of fused-ring (bicyclic) bond motifs is 1. The van der Waals surface area contributed by atoms with Crippen LogP contribution in [-0.2, 0) is 0 Å². The molecule has 0 saturated carbocycles. The summed E-state index contributed by atoms with van der Waals surface area (Å²) in [6, 6.07) is 10.6. The van der Waals surface area contributed by atoms with Crippen molar-refractivity contribution in [2.24, 2.45) is 10.8 Å². The van der Waals surface area contributed by atoms with Gasteiger partial charge in [-0.05, 0) is 35.1 Å². The number of halogens is 1. The third kappa shape index (κ3) is 3.31. The van der Waals surface area contributed by atoms with Crippen molar-refractivity contribution in [3.8, 4) is 0 Å². The number of rotatable bonds is 3. The van der Waals surface area contributed by atoms with E-state index in [1.807, 2.05) is 0 Å². The molecule has 0 N–H and O–H groups in total. The molecule has 1 aromatic carbocycles. The van der Waals surface area contributed by atoms with E-state index in [4.69, 9.17) is 4.98 Å². The average molecular weight is 348 g/mol. The van der Waals surface area contributed by atoms with Gasteiger partial charge in [-0.2, -0.15) is 0 Å².